The molecule has 4 rings (SSSR count). The Labute approximate surface area is 184 Å². The summed E-state index contributed by atoms with van der Waals surface area (Å²) >= 11 is 0. The summed E-state index contributed by atoms with van der Waals surface area (Å²) in [6, 6.07) is 13.8. The number of benzene rings is 1. The lowest BCUT2D eigenvalue weighted by molar-refractivity contribution is 0.0746. The van der Waals surface area contributed by atoms with Crippen molar-refractivity contribution in [1.82, 2.24) is 19.9 Å². The average molecular weight is 416 g/mol. The van der Waals surface area contributed by atoms with Crippen molar-refractivity contribution in [3.63, 3.8) is 0 Å². The summed E-state index contributed by atoms with van der Waals surface area (Å²) in [6.07, 6.45) is 1.76. The Bertz CT molecular complexity index is 1060. The Balaban J connectivity index is 1.48. The third-order valence-corrected chi connectivity index (χ3v) is 5.95. The number of hydrogen-bond donors (Lipinski definition) is 0. The summed E-state index contributed by atoms with van der Waals surface area (Å²) in [6.45, 7) is 11.2. The minimum atomic E-state index is 0.0970. The molecule has 1 saturated heterocycles. The zero-order chi connectivity index (χ0) is 22.0. The first-order chi connectivity index (χ1) is 14.9. The van der Waals surface area contributed by atoms with E-state index in [1.807, 2.05) is 42.2 Å². The monoisotopic (exact) mass is 415 g/mol. The van der Waals surface area contributed by atoms with Gasteiger partial charge in [0.25, 0.3) is 5.91 Å². The molecule has 1 aliphatic rings. The van der Waals surface area contributed by atoms with Crippen LogP contribution in [0, 0.1) is 13.8 Å². The SMILES string of the molecule is Cc1nc(-c2ccccn2)nc(N2CCN(C(=O)c3ccc(C(C)C)cc3)CC2)c1C. The second kappa shape index (κ2) is 8.84. The van der Waals surface area contributed by atoms with Gasteiger partial charge in [0.1, 0.15) is 11.5 Å². The van der Waals surface area contributed by atoms with Crippen LogP contribution in [0.2, 0.25) is 0 Å². The van der Waals surface area contributed by atoms with Crippen LogP contribution in [0.1, 0.15) is 46.9 Å². The van der Waals surface area contributed by atoms with Crippen molar-refractivity contribution < 1.29 is 4.79 Å². The molecule has 6 nitrogen and oxygen atoms in total. The van der Waals surface area contributed by atoms with E-state index >= 15 is 0 Å². The summed E-state index contributed by atoms with van der Waals surface area (Å²) in [5.74, 6) is 2.13. The molecule has 31 heavy (non-hydrogen) atoms. The van der Waals surface area contributed by atoms with Gasteiger partial charge in [-0.3, -0.25) is 9.78 Å². The molecule has 1 aromatic carbocycles. The van der Waals surface area contributed by atoms with Crippen molar-refractivity contribution in [1.29, 1.82) is 0 Å². The maximum atomic E-state index is 13.0. The third kappa shape index (κ3) is 4.43. The van der Waals surface area contributed by atoms with Crippen molar-refractivity contribution in [3.05, 3.63) is 71.0 Å². The normalized spacial score (nSPS) is 14.2. The Morgan fingerprint density at radius 2 is 1.65 bits per heavy atom. The van der Waals surface area contributed by atoms with Crippen LogP contribution >= 0.6 is 0 Å². The maximum Gasteiger partial charge on any atom is 0.253 e. The van der Waals surface area contributed by atoms with Gasteiger partial charge in [-0.15, -0.1) is 0 Å². The van der Waals surface area contributed by atoms with Crippen molar-refractivity contribution >= 4 is 11.7 Å². The average Bonchev–Trinajstić information content (AvgIpc) is 2.81. The molecule has 0 unspecified atom stereocenters. The van der Waals surface area contributed by atoms with Crippen LogP contribution < -0.4 is 4.90 Å². The molecule has 0 bridgehead atoms. The number of aryl methyl sites for hydroxylation is 1. The van der Waals surface area contributed by atoms with E-state index in [2.05, 4.69) is 47.8 Å². The van der Waals surface area contributed by atoms with Crippen molar-refractivity contribution in [2.45, 2.75) is 33.6 Å². The van der Waals surface area contributed by atoms with E-state index in [9.17, 15) is 4.79 Å². The van der Waals surface area contributed by atoms with Crippen LogP contribution in [0.15, 0.2) is 48.7 Å². The topological polar surface area (TPSA) is 62.2 Å². The van der Waals surface area contributed by atoms with E-state index < -0.39 is 0 Å². The number of carbonyl (C=O) groups excluding carboxylic acids is 1. The highest BCUT2D eigenvalue weighted by Crippen LogP contribution is 2.25. The molecule has 0 radical (unpaired) electrons. The number of piperazine rings is 1. The van der Waals surface area contributed by atoms with Gasteiger partial charge >= 0.3 is 0 Å². The lowest BCUT2D eigenvalue weighted by Crippen LogP contribution is -2.49. The number of aromatic nitrogens is 3. The van der Waals surface area contributed by atoms with E-state index in [4.69, 9.17) is 4.98 Å². The van der Waals surface area contributed by atoms with Gasteiger partial charge in [-0.2, -0.15) is 0 Å². The largest absolute Gasteiger partial charge is 0.353 e. The molecular formula is C25H29N5O. The second-order valence-electron chi connectivity index (χ2n) is 8.35. The molecule has 160 valence electrons. The molecule has 0 aliphatic carbocycles. The van der Waals surface area contributed by atoms with E-state index in [0.29, 0.717) is 24.8 Å². The number of amides is 1. The second-order valence-corrected chi connectivity index (χ2v) is 8.35. The highest BCUT2D eigenvalue weighted by molar-refractivity contribution is 5.94. The van der Waals surface area contributed by atoms with Gasteiger partial charge in [0.15, 0.2) is 5.82 Å². The number of hydrogen-bond acceptors (Lipinski definition) is 5. The zero-order valence-corrected chi connectivity index (χ0v) is 18.7. The maximum absolute atomic E-state index is 13.0. The van der Waals surface area contributed by atoms with E-state index in [-0.39, 0.29) is 5.91 Å². The molecular weight excluding hydrogens is 386 g/mol. The molecule has 3 heterocycles. The predicted octanol–water partition coefficient (Wildman–Crippen LogP) is 4.24. The summed E-state index contributed by atoms with van der Waals surface area (Å²) in [7, 11) is 0. The molecule has 0 atom stereocenters. The molecule has 3 aromatic rings. The van der Waals surface area contributed by atoms with E-state index in [0.717, 1.165) is 41.4 Å². The molecule has 0 spiro atoms. The summed E-state index contributed by atoms with van der Waals surface area (Å²) in [5, 5.41) is 0. The fourth-order valence-electron chi connectivity index (χ4n) is 3.85. The van der Waals surface area contributed by atoms with Crippen LogP contribution in [0.4, 0.5) is 5.82 Å². The van der Waals surface area contributed by atoms with Gasteiger partial charge < -0.3 is 9.80 Å². The van der Waals surface area contributed by atoms with Crippen molar-refractivity contribution in [2.24, 2.45) is 0 Å². The smallest absolute Gasteiger partial charge is 0.253 e. The summed E-state index contributed by atoms with van der Waals surface area (Å²) in [5.41, 5.74) is 4.80. The highest BCUT2D eigenvalue weighted by Gasteiger charge is 2.25. The standard InChI is InChI=1S/C25H29N5O/c1-17(2)20-8-10-21(11-9-20)25(31)30-15-13-29(14-16-30)24-18(3)19(4)27-23(28-24)22-7-5-6-12-26-22/h5-12,17H,13-16H2,1-4H3. The van der Waals surface area contributed by atoms with Crippen LogP contribution in [0.5, 0.6) is 0 Å². The Morgan fingerprint density at radius 3 is 2.26 bits per heavy atom. The quantitative estimate of drug-likeness (QED) is 0.638. The first-order valence-electron chi connectivity index (χ1n) is 10.8. The minimum Gasteiger partial charge on any atom is -0.353 e. The Kier molecular flexibility index (Phi) is 5.98. The van der Waals surface area contributed by atoms with Gasteiger partial charge in [-0.05, 0) is 49.6 Å². The molecule has 2 aromatic heterocycles. The van der Waals surface area contributed by atoms with E-state index in [1.165, 1.54) is 5.56 Å². The summed E-state index contributed by atoms with van der Waals surface area (Å²) < 4.78 is 0. The van der Waals surface area contributed by atoms with Crippen LogP contribution in [-0.4, -0.2) is 51.9 Å². The lowest BCUT2D eigenvalue weighted by atomic mass is 10.0. The predicted molar refractivity (Wildman–Crippen MR) is 123 cm³/mol. The lowest BCUT2D eigenvalue weighted by Gasteiger charge is -2.36. The molecule has 1 aliphatic heterocycles. The third-order valence-electron chi connectivity index (χ3n) is 5.95. The Morgan fingerprint density at radius 1 is 0.935 bits per heavy atom. The number of carbonyl (C=O) groups is 1. The molecule has 0 saturated carbocycles. The fraction of sp³-hybridized carbons (Fsp3) is 0.360. The fourth-order valence-corrected chi connectivity index (χ4v) is 3.85. The van der Waals surface area contributed by atoms with Crippen molar-refractivity contribution in [3.8, 4) is 11.5 Å². The zero-order valence-electron chi connectivity index (χ0n) is 18.7. The molecule has 1 fully saturated rings. The van der Waals surface area contributed by atoms with Gasteiger partial charge in [0, 0.05) is 49.2 Å². The molecule has 0 N–H and O–H groups in total. The van der Waals surface area contributed by atoms with Gasteiger partial charge in [-0.25, -0.2) is 9.97 Å². The van der Waals surface area contributed by atoms with Crippen LogP contribution in [0.3, 0.4) is 0 Å². The van der Waals surface area contributed by atoms with Crippen LogP contribution in [-0.2, 0) is 0 Å². The Hall–Kier alpha value is -3.28. The van der Waals surface area contributed by atoms with E-state index in [1.54, 1.807) is 6.20 Å². The highest BCUT2D eigenvalue weighted by atomic mass is 16.2. The first kappa shape index (κ1) is 21.0. The van der Waals surface area contributed by atoms with Gasteiger partial charge in [-0.1, -0.05) is 32.0 Å². The molecule has 1 amide bonds. The number of anilines is 1. The minimum absolute atomic E-state index is 0.0970. The number of rotatable bonds is 4. The number of nitrogens with zero attached hydrogens (tertiary/aromatic N) is 5. The number of pyridine rings is 1. The van der Waals surface area contributed by atoms with Crippen LogP contribution in [0.25, 0.3) is 11.5 Å². The van der Waals surface area contributed by atoms with Crippen molar-refractivity contribution in [2.75, 3.05) is 31.1 Å². The first-order valence-corrected chi connectivity index (χ1v) is 10.8. The van der Waals surface area contributed by atoms with Gasteiger partial charge in [0.05, 0.1) is 0 Å². The summed E-state index contributed by atoms with van der Waals surface area (Å²) in [4.78, 5) is 31.0. The molecule has 6 heteroatoms. The van der Waals surface area contributed by atoms with Gasteiger partial charge in [0.2, 0.25) is 0 Å².